The predicted molar refractivity (Wildman–Crippen MR) is 66.9 cm³/mol. The lowest BCUT2D eigenvalue weighted by Crippen LogP contribution is -2.42. The standard InChI is InChI=1S/C13H20F2N2O/c1-13(2,3)18-8-10(17-16)6-9-4-5-11(14)12(15)7-9/h4-5,7,10,17H,6,8,16H2,1-3H3. The van der Waals surface area contributed by atoms with Crippen molar-refractivity contribution >= 4 is 0 Å². The zero-order valence-corrected chi connectivity index (χ0v) is 11.0. The molecule has 1 aromatic rings. The van der Waals surface area contributed by atoms with Crippen LogP contribution in [-0.4, -0.2) is 18.2 Å². The van der Waals surface area contributed by atoms with Crippen LogP contribution in [0, 0.1) is 11.6 Å². The summed E-state index contributed by atoms with van der Waals surface area (Å²) in [6, 6.07) is 3.69. The smallest absolute Gasteiger partial charge is 0.159 e. The summed E-state index contributed by atoms with van der Waals surface area (Å²) >= 11 is 0. The van der Waals surface area contributed by atoms with E-state index in [0.717, 1.165) is 6.07 Å². The van der Waals surface area contributed by atoms with Crippen molar-refractivity contribution in [2.75, 3.05) is 6.61 Å². The van der Waals surface area contributed by atoms with Crippen molar-refractivity contribution < 1.29 is 13.5 Å². The van der Waals surface area contributed by atoms with Gasteiger partial charge in [-0.3, -0.25) is 11.3 Å². The van der Waals surface area contributed by atoms with Gasteiger partial charge in [0.05, 0.1) is 12.2 Å². The molecular formula is C13H20F2N2O. The lowest BCUT2D eigenvalue weighted by molar-refractivity contribution is -0.0143. The van der Waals surface area contributed by atoms with Crippen molar-refractivity contribution in [3.63, 3.8) is 0 Å². The number of rotatable bonds is 5. The summed E-state index contributed by atoms with van der Waals surface area (Å²) in [5.74, 6) is 3.73. The summed E-state index contributed by atoms with van der Waals surface area (Å²) in [7, 11) is 0. The number of benzene rings is 1. The minimum Gasteiger partial charge on any atom is -0.374 e. The first-order valence-electron chi connectivity index (χ1n) is 5.86. The van der Waals surface area contributed by atoms with Crippen LogP contribution < -0.4 is 11.3 Å². The molecule has 0 bridgehead atoms. The van der Waals surface area contributed by atoms with Gasteiger partial charge in [0.1, 0.15) is 0 Å². The lowest BCUT2D eigenvalue weighted by atomic mass is 10.1. The van der Waals surface area contributed by atoms with Crippen molar-refractivity contribution in [2.24, 2.45) is 5.84 Å². The molecule has 0 aliphatic carbocycles. The Morgan fingerprint density at radius 3 is 2.44 bits per heavy atom. The number of halogens is 2. The van der Waals surface area contributed by atoms with E-state index in [-0.39, 0.29) is 11.6 Å². The maximum atomic E-state index is 13.1. The fourth-order valence-electron chi connectivity index (χ4n) is 1.47. The van der Waals surface area contributed by atoms with Crippen molar-refractivity contribution in [2.45, 2.75) is 38.8 Å². The lowest BCUT2D eigenvalue weighted by Gasteiger charge is -2.24. The highest BCUT2D eigenvalue weighted by molar-refractivity contribution is 5.18. The zero-order valence-electron chi connectivity index (χ0n) is 11.0. The normalized spacial score (nSPS) is 13.7. The average molecular weight is 258 g/mol. The van der Waals surface area contributed by atoms with Crippen LogP contribution in [0.2, 0.25) is 0 Å². The maximum Gasteiger partial charge on any atom is 0.159 e. The Hall–Kier alpha value is -1.04. The molecule has 0 saturated carbocycles. The topological polar surface area (TPSA) is 47.3 Å². The van der Waals surface area contributed by atoms with Crippen LogP contribution in [0.4, 0.5) is 8.78 Å². The Kier molecular flexibility index (Phi) is 5.19. The van der Waals surface area contributed by atoms with Gasteiger partial charge in [0, 0.05) is 6.04 Å². The van der Waals surface area contributed by atoms with Crippen molar-refractivity contribution in [1.29, 1.82) is 0 Å². The number of nitrogens with two attached hydrogens (primary N) is 1. The Labute approximate surface area is 106 Å². The van der Waals surface area contributed by atoms with Gasteiger partial charge in [0.25, 0.3) is 0 Å². The van der Waals surface area contributed by atoms with E-state index in [4.69, 9.17) is 10.6 Å². The maximum absolute atomic E-state index is 13.1. The molecule has 0 aliphatic rings. The van der Waals surface area contributed by atoms with E-state index >= 15 is 0 Å². The minimum atomic E-state index is -0.847. The summed E-state index contributed by atoms with van der Waals surface area (Å²) < 4.78 is 31.4. The van der Waals surface area contributed by atoms with Gasteiger partial charge in [0.15, 0.2) is 11.6 Å². The molecule has 0 spiro atoms. The van der Waals surface area contributed by atoms with E-state index in [0.29, 0.717) is 18.6 Å². The van der Waals surface area contributed by atoms with Crippen molar-refractivity contribution in [1.82, 2.24) is 5.43 Å². The van der Waals surface area contributed by atoms with E-state index < -0.39 is 11.6 Å². The highest BCUT2D eigenvalue weighted by Crippen LogP contribution is 2.12. The van der Waals surface area contributed by atoms with Crippen molar-refractivity contribution in [3.8, 4) is 0 Å². The van der Waals surface area contributed by atoms with E-state index in [1.54, 1.807) is 6.07 Å². The highest BCUT2D eigenvalue weighted by atomic mass is 19.2. The van der Waals surface area contributed by atoms with Gasteiger partial charge in [-0.25, -0.2) is 8.78 Å². The number of hydrogen-bond donors (Lipinski definition) is 2. The van der Waals surface area contributed by atoms with Gasteiger partial charge in [0.2, 0.25) is 0 Å². The second-order valence-electron chi connectivity index (χ2n) is 5.24. The number of ether oxygens (including phenoxy) is 1. The fraction of sp³-hybridized carbons (Fsp3) is 0.538. The average Bonchev–Trinajstić information content (AvgIpc) is 2.28. The zero-order chi connectivity index (χ0) is 13.8. The van der Waals surface area contributed by atoms with Crippen LogP contribution in [0.15, 0.2) is 18.2 Å². The van der Waals surface area contributed by atoms with Gasteiger partial charge in [-0.15, -0.1) is 0 Å². The Morgan fingerprint density at radius 1 is 1.28 bits per heavy atom. The molecule has 5 heteroatoms. The van der Waals surface area contributed by atoms with Crippen LogP contribution in [-0.2, 0) is 11.2 Å². The van der Waals surface area contributed by atoms with Gasteiger partial charge in [-0.2, -0.15) is 0 Å². The SMILES string of the molecule is CC(C)(C)OCC(Cc1ccc(F)c(F)c1)NN. The molecule has 0 heterocycles. The monoisotopic (exact) mass is 258 g/mol. The quantitative estimate of drug-likeness (QED) is 0.628. The van der Waals surface area contributed by atoms with Gasteiger partial charge in [-0.1, -0.05) is 6.07 Å². The predicted octanol–water partition coefficient (Wildman–Crippen LogP) is 2.15. The summed E-state index contributed by atoms with van der Waals surface area (Å²) in [5.41, 5.74) is 3.03. The molecule has 3 N–H and O–H groups in total. The van der Waals surface area contributed by atoms with E-state index in [9.17, 15) is 8.78 Å². The van der Waals surface area contributed by atoms with E-state index in [1.165, 1.54) is 6.07 Å². The molecule has 102 valence electrons. The molecule has 18 heavy (non-hydrogen) atoms. The third-order valence-corrected chi connectivity index (χ3v) is 2.42. The van der Waals surface area contributed by atoms with Crippen LogP contribution in [0.1, 0.15) is 26.3 Å². The van der Waals surface area contributed by atoms with Crippen LogP contribution in [0.25, 0.3) is 0 Å². The molecule has 0 aliphatic heterocycles. The molecule has 1 atom stereocenters. The second kappa shape index (κ2) is 6.22. The number of hydrogen-bond acceptors (Lipinski definition) is 3. The van der Waals surface area contributed by atoms with E-state index in [2.05, 4.69) is 5.43 Å². The van der Waals surface area contributed by atoms with Crippen LogP contribution in [0.5, 0.6) is 0 Å². The number of hydrazine groups is 1. The van der Waals surface area contributed by atoms with Crippen LogP contribution in [0.3, 0.4) is 0 Å². The first-order valence-corrected chi connectivity index (χ1v) is 5.86. The van der Waals surface area contributed by atoms with Gasteiger partial charge in [-0.05, 0) is 44.9 Å². The first kappa shape index (κ1) is 15.0. The molecule has 0 fully saturated rings. The molecule has 0 radical (unpaired) electrons. The number of nitrogens with one attached hydrogen (secondary N) is 1. The van der Waals surface area contributed by atoms with Crippen molar-refractivity contribution in [3.05, 3.63) is 35.4 Å². The van der Waals surface area contributed by atoms with Gasteiger partial charge >= 0.3 is 0 Å². The molecule has 0 saturated heterocycles. The molecular weight excluding hydrogens is 238 g/mol. The Bertz CT molecular complexity index is 391. The molecule has 3 nitrogen and oxygen atoms in total. The molecule has 0 aromatic heterocycles. The summed E-state index contributed by atoms with van der Waals surface area (Å²) in [5, 5.41) is 0. The summed E-state index contributed by atoms with van der Waals surface area (Å²) in [6.45, 7) is 6.23. The largest absolute Gasteiger partial charge is 0.374 e. The molecule has 1 unspecified atom stereocenters. The minimum absolute atomic E-state index is 0.144. The first-order chi connectivity index (χ1) is 8.31. The van der Waals surface area contributed by atoms with Crippen LogP contribution >= 0.6 is 0 Å². The fourth-order valence-corrected chi connectivity index (χ4v) is 1.47. The second-order valence-corrected chi connectivity index (χ2v) is 5.24. The third kappa shape index (κ3) is 5.08. The Balaban J connectivity index is 2.59. The third-order valence-electron chi connectivity index (χ3n) is 2.42. The Morgan fingerprint density at radius 2 is 1.94 bits per heavy atom. The highest BCUT2D eigenvalue weighted by Gasteiger charge is 2.15. The van der Waals surface area contributed by atoms with Gasteiger partial charge < -0.3 is 4.74 Å². The molecule has 1 rings (SSSR count). The molecule has 0 amide bonds. The summed E-state index contributed by atoms with van der Waals surface area (Å²) in [4.78, 5) is 0. The molecule has 1 aromatic carbocycles. The van der Waals surface area contributed by atoms with E-state index in [1.807, 2.05) is 20.8 Å². The summed E-state index contributed by atoms with van der Waals surface area (Å²) in [6.07, 6.45) is 0.476.